The van der Waals surface area contributed by atoms with Crippen LogP contribution in [0, 0.1) is 24.2 Å². The second-order valence-corrected chi connectivity index (χ2v) is 7.41. The third-order valence-corrected chi connectivity index (χ3v) is 4.70. The van der Waals surface area contributed by atoms with Gasteiger partial charge in [-0.25, -0.2) is 4.79 Å². The van der Waals surface area contributed by atoms with Crippen LogP contribution in [0.3, 0.4) is 0 Å². The van der Waals surface area contributed by atoms with Gasteiger partial charge in [-0.1, -0.05) is 25.4 Å². The molecule has 7 nitrogen and oxygen atoms in total. The molecule has 26 heavy (non-hydrogen) atoms. The molecular formula is C17H19ClN4O3S. The summed E-state index contributed by atoms with van der Waals surface area (Å²) < 4.78 is 6.78. The van der Waals surface area contributed by atoms with Crippen molar-refractivity contribution in [3.8, 4) is 6.07 Å². The molecule has 0 aliphatic carbocycles. The fourth-order valence-electron chi connectivity index (χ4n) is 2.23. The lowest BCUT2D eigenvalue weighted by atomic mass is 10.2. The standard InChI is InChI=1S/C17H19ClN4O3S/c1-9(2)8-22-14(18)13(10(3)21-22)17(24)25-11(4)15(23)20-16-12(7-19)5-6-26-16/h5-6,9,11H,8H2,1-4H3,(H,20,23)/t11-/m1/s1. The number of thiophene rings is 1. The summed E-state index contributed by atoms with van der Waals surface area (Å²) in [5.74, 6) is -0.932. The zero-order chi connectivity index (χ0) is 19.4. The highest BCUT2D eigenvalue weighted by Gasteiger charge is 2.26. The number of amides is 1. The number of aromatic nitrogens is 2. The number of rotatable bonds is 6. The van der Waals surface area contributed by atoms with Gasteiger partial charge in [-0.05, 0) is 31.2 Å². The quantitative estimate of drug-likeness (QED) is 0.754. The van der Waals surface area contributed by atoms with Crippen LogP contribution in [0.15, 0.2) is 11.4 Å². The van der Waals surface area contributed by atoms with Crippen LogP contribution in [0.4, 0.5) is 5.00 Å². The Morgan fingerprint density at radius 1 is 1.46 bits per heavy atom. The number of nitrogens with zero attached hydrogens (tertiary/aromatic N) is 3. The molecule has 2 rings (SSSR count). The maximum Gasteiger partial charge on any atom is 0.343 e. The van der Waals surface area contributed by atoms with Gasteiger partial charge in [0, 0.05) is 6.54 Å². The number of anilines is 1. The summed E-state index contributed by atoms with van der Waals surface area (Å²) >= 11 is 7.47. The van der Waals surface area contributed by atoms with E-state index in [1.807, 2.05) is 19.9 Å². The van der Waals surface area contributed by atoms with E-state index >= 15 is 0 Å². The van der Waals surface area contributed by atoms with Gasteiger partial charge < -0.3 is 10.1 Å². The molecule has 9 heteroatoms. The minimum absolute atomic E-state index is 0.154. The predicted molar refractivity (Wildman–Crippen MR) is 99.4 cm³/mol. The zero-order valence-corrected chi connectivity index (χ0v) is 16.4. The summed E-state index contributed by atoms with van der Waals surface area (Å²) in [6.07, 6.45) is -1.06. The highest BCUT2D eigenvalue weighted by atomic mass is 35.5. The fraction of sp³-hybridized carbons (Fsp3) is 0.412. The van der Waals surface area contributed by atoms with Gasteiger partial charge in [-0.3, -0.25) is 9.48 Å². The molecule has 0 unspecified atom stereocenters. The van der Waals surface area contributed by atoms with Gasteiger partial charge in [0.1, 0.15) is 21.8 Å². The van der Waals surface area contributed by atoms with Gasteiger partial charge in [-0.2, -0.15) is 10.4 Å². The Morgan fingerprint density at radius 2 is 2.15 bits per heavy atom. The van der Waals surface area contributed by atoms with Crippen LogP contribution in [0.2, 0.25) is 5.15 Å². The summed E-state index contributed by atoms with van der Waals surface area (Å²) in [7, 11) is 0. The van der Waals surface area contributed by atoms with Crippen LogP contribution in [-0.2, 0) is 16.1 Å². The Morgan fingerprint density at radius 3 is 2.77 bits per heavy atom. The van der Waals surface area contributed by atoms with Crippen LogP contribution in [0.25, 0.3) is 0 Å². The van der Waals surface area contributed by atoms with Crippen molar-refractivity contribution in [2.45, 2.75) is 40.3 Å². The first-order valence-corrected chi connectivity index (χ1v) is 9.22. The molecular weight excluding hydrogens is 376 g/mol. The molecule has 2 heterocycles. The van der Waals surface area contributed by atoms with Gasteiger partial charge in [0.05, 0.1) is 11.3 Å². The topological polar surface area (TPSA) is 97.0 Å². The Kier molecular flexibility index (Phi) is 6.40. The molecule has 0 saturated carbocycles. The Balaban J connectivity index is 2.08. The molecule has 0 fully saturated rings. The highest BCUT2D eigenvalue weighted by Crippen LogP contribution is 2.24. The monoisotopic (exact) mass is 394 g/mol. The molecule has 138 valence electrons. The maximum absolute atomic E-state index is 12.4. The number of nitrogens with one attached hydrogen (secondary N) is 1. The predicted octanol–water partition coefficient (Wildman–Crippen LogP) is 3.62. The summed E-state index contributed by atoms with van der Waals surface area (Å²) in [6, 6.07) is 3.58. The van der Waals surface area contributed by atoms with Gasteiger partial charge in [0.2, 0.25) is 0 Å². The number of halogens is 1. The average Bonchev–Trinajstić information content (AvgIpc) is 3.11. The van der Waals surface area contributed by atoms with E-state index < -0.39 is 18.0 Å². The number of carbonyl (C=O) groups is 2. The lowest BCUT2D eigenvalue weighted by molar-refractivity contribution is -0.123. The fourth-order valence-corrected chi connectivity index (χ4v) is 3.29. The van der Waals surface area contributed by atoms with E-state index in [1.165, 1.54) is 18.3 Å². The number of aryl methyl sites for hydroxylation is 1. The lowest BCUT2D eigenvalue weighted by Gasteiger charge is -2.13. The van der Waals surface area contributed by atoms with Crippen molar-refractivity contribution in [3.05, 3.63) is 33.4 Å². The minimum Gasteiger partial charge on any atom is -0.449 e. The molecule has 0 spiro atoms. The zero-order valence-electron chi connectivity index (χ0n) is 14.9. The van der Waals surface area contributed by atoms with Crippen LogP contribution in [0.1, 0.15) is 42.4 Å². The number of hydrogen-bond acceptors (Lipinski definition) is 6. The summed E-state index contributed by atoms with van der Waals surface area (Å²) in [6.45, 7) is 7.71. The van der Waals surface area contributed by atoms with Crippen molar-refractivity contribution in [1.82, 2.24) is 9.78 Å². The molecule has 0 aliphatic rings. The van der Waals surface area contributed by atoms with E-state index in [2.05, 4.69) is 10.4 Å². The Bertz CT molecular complexity index is 866. The SMILES string of the molecule is Cc1nn(CC(C)C)c(Cl)c1C(=O)O[C@H](C)C(=O)Nc1sccc1C#N. The molecule has 0 aliphatic heterocycles. The molecule has 1 N–H and O–H groups in total. The molecule has 0 aromatic carbocycles. The maximum atomic E-state index is 12.4. The van der Waals surface area contributed by atoms with Crippen molar-refractivity contribution >= 4 is 39.8 Å². The van der Waals surface area contributed by atoms with Crippen LogP contribution in [-0.4, -0.2) is 27.8 Å². The van der Waals surface area contributed by atoms with E-state index in [4.69, 9.17) is 21.6 Å². The molecule has 2 aromatic heterocycles. The van der Waals surface area contributed by atoms with Crippen LogP contribution >= 0.6 is 22.9 Å². The third-order valence-electron chi connectivity index (χ3n) is 3.48. The Hall–Kier alpha value is -2.37. The van der Waals surface area contributed by atoms with Crippen molar-refractivity contribution in [2.24, 2.45) is 5.92 Å². The van der Waals surface area contributed by atoms with E-state index in [0.29, 0.717) is 28.7 Å². The normalized spacial score (nSPS) is 11.9. The third kappa shape index (κ3) is 4.42. The van der Waals surface area contributed by atoms with Crippen molar-refractivity contribution in [3.63, 3.8) is 0 Å². The number of hydrogen-bond donors (Lipinski definition) is 1. The largest absolute Gasteiger partial charge is 0.449 e. The van der Waals surface area contributed by atoms with Crippen molar-refractivity contribution < 1.29 is 14.3 Å². The minimum atomic E-state index is -1.06. The first kappa shape index (κ1) is 19.9. The second kappa shape index (κ2) is 8.34. The number of nitriles is 1. The first-order valence-electron chi connectivity index (χ1n) is 7.96. The summed E-state index contributed by atoms with van der Waals surface area (Å²) in [5.41, 5.74) is 0.954. The van der Waals surface area contributed by atoms with Gasteiger partial charge in [0.15, 0.2) is 6.10 Å². The molecule has 0 bridgehead atoms. The van der Waals surface area contributed by atoms with Crippen molar-refractivity contribution in [1.29, 1.82) is 5.26 Å². The van der Waals surface area contributed by atoms with Gasteiger partial charge >= 0.3 is 5.97 Å². The van der Waals surface area contributed by atoms with E-state index in [9.17, 15) is 9.59 Å². The molecule has 0 radical (unpaired) electrons. The number of ether oxygens (including phenoxy) is 1. The number of esters is 1. The first-order chi connectivity index (χ1) is 12.2. The summed E-state index contributed by atoms with van der Waals surface area (Å²) in [4.78, 5) is 24.7. The van der Waals surface area contributed by atoms with E-state index in [1.54, 1.807) is 23.1 Å². The molecule has 1 amide bonds. The molecule has 1 atom stereocenters. The number of carbonyl (C=O) groups excluding carboxylic acids is 2. The van der Waals surface area contributed by atoms with E-state index in [0.717, 1.165) is 0 Å². The second-order valence-electron chi connectivity index (χ2n) is 6.14. The van der Waals surface area contributed by atoms with Crippen molar-refractivity contribution in [2.75, 3.05) is 5.32 Å². The summed E-state index contributed by atoms with van der Waals surface area (Å²) in [5, 5.41) is 18.1. The smallest absolute Gasteiger partial charge is 0.343 e. The lowest BCUT2D eigenvalue weighted by Crippen LogP contribution is -2.30. The van der Waals surface area contributed by atoms with Crippen LogP contribution in [0.5, 0.6) is 0 Å². The van der Waals surface area contributed by atoms with Gasteiger partial charge in [0.25, 0.3) is 5.91 Å². The van der Waals surface area contributed by atoms with Gasteiger partial charge in [-0.15, -0.1) is 11.3 Å². The van der Waals surface area contributed by atoms with Crippen LogP contribution < -0.4 is 5.32 Å². The molecule has 0 saturated heterocycles. The average molecular weight is 395 g/mol. The highest BCUT2D eigenvalue weighted by molar-refractivity contribution is 7.14. The Labute approximate surface area is 160 Å². The molecule has 2 aromatic rings. The van der Waals surface area contributed by atoms with E-state index in [-0.39, 0.29) is 10.7 Å².